The Morgan fingerprint density at radius 1 is 1.23 bits per heavy atom. The fourth-order valence-electron chi connectivity index (χ4n) is 3.19. The van der Waals surface area contributed by atoms with E-state index in [4.69, 9.17) is 4.74 Å². The fourth-order valence-corrected chi connectivity index (χ4v) is 3.19. The van der Waals surface area contributed by atoms with Crippen LogP contribution >= 0.6 is 0 Å². The Labute approximate surface area is 155 Å². The fraction of sp³-hybridized carbons (Fsp3) is 0.600. The third-order valence-corrected chi connectivity index (χ3v) is 5.11. The largest absolute Gasteiger partial charge is 0.477 e. The predicted octanol–water partition coefficient (Wildman–Crippen LogP) is 2.08. The van der Waals surface area contributed by atoms with Gasteiger partial charge in [0.05, 0.1) is 18.8 Å². The van der Waals surface area contributed by atoms with Gasteiger partial charge >= 0.3 is 0 Å². The standard InChI is InChI=1S/C20H29N3O3/c1-3-15(4-2)22-20(25)18-12-23(13-19(24)21-11-14-9-10-14)16-7-5-6-8-17(16)26-18/h5-8,14-15,18H,3-4,9-13H2,1-2H3,(H,21,24)(H,22,25). The number of ether oxygens (including phenoxy) is 1. The molecule has 0 aromatic heterocycles. The molecule has 1 fully saturated rings. The molecule has 1 aliphatic carbocycles. The molecule has 26 heavy (non-hydrogen) atoms. The number of nitrogens with one attached hydrogen (secondary N) is 2. The van der Waals surface area contributed by atoms with Crippen LogP contribution in [0.4, 0.5) is 5.69 Å². The third-order valence-electron chi connectivity index (χ3n) is 5.11. The maximum atomic E-state index is 12.6. The number of fused-ring (bicyclic) bond motifs is 1. The zero-order valence-corrected chi connectivity index (χ0v) is 15.7. The number of benzene rings is 1. The molecule has 6 nitrogen and oxygen atoms in total. The average Bonchev–Trinajstić information content (AvgIpc) is 3.48. The molecule has 0 saturated heterocycles. The number of carbonyl (C=O) groups excluding carboxylic acids is 2. The van der Waals surface area contributed by atoms with Crippen LogP contribution < -0.4 is 20.3 Å². The van der Waals surface area contributed by atoms with Crippen molar-refractivity contribution in [1.29, 1.82) is 0 Å². The molecule has 1 saturated carbocycles. The molecule has 1 unspecified atom stereocenters. The summed E-state index contributed by atoms with van der Waals surface area (Å²) in [7, 11) is 0. The predicted molar refractivity (Wildman–Crippen MR) is 101 cm³/mol. The van der Waals surface area contributed by atoms with Gasteiger partial charge in [-0.05, 0) is 43.7 Å². The Balaban J connectivity index is 1.66. The van der Waals surface area contributed by atoms with Crippen molar-refractivity contribution in [3.05, 3.63) is 24.3 Å². The van der Waals surface area contributed by atoms with Crippen LogP contribution in [-0.4, -0.2) is 43.6 Å². The Kier molecular flexibility index (Phi) is 6.01. The van der Waals surface area contributed by atoms with Gasteiger partial charge < -0.3 is 20.3 Å². The molecule has 6 heteroatoms. The van der Waals surface area contributed by atoms with Crippen LogP contribution in [0, 0.1) is 5.92 Å². The third kappa shape index (κ3) is 4.68. The van der Waals surface area contributed by atoms with E-state index in [9.17, 15) is 9.59 Å². The van der Waals surface area contributed by atoms with Crippen LogP contribution in [0.3, 0.4) is 0 Å². The highest BCUT2D eigenvalue weighted by Crippen LogP contribution is 2.33. The number of nitrogens with zero attached hydrogens (tertiary/aromatic N) is 1. The second-order valence-electron chi connectivity index (χ2n) is 7.22. The van der Waals surface area contributed by atoms with Crippen LogP contribution in [0.25, 0.3) is 0 Å². The van der Waals surface area contributed by atoms with Crippen molar-refractivity contribution in [3.8, 4) is 5.75 Å². The summed E-state index contributed by atoms with van der Waals surface area (Å²) in [5.74, 6) is 1.18. The Morgan fingerprint density at radius 2 is 1.96 bits per heavy atom. The first-order chi connectivity index (χ1) is 12.6. The molecule has 1 aliphatic heterocycles. The van der Waals surface area contributed by atoms with E-state index in [2.05, 4.69) is 24.5 Å². The summed E-state index contributed by atoms with van der Waals surface area (Å²) in [5, 5.41) is 6.04. The van der Waals surface area contributed by atoms with Crippen molar-refractivity contribution in [3.63, 3.8) is 0 Å². The highest BCUT2D eigenvalue weighted by Gasteiger charge is 2.32. The molecule has 142 valence electrons. The quantitative estimate of drug-likeness (QED) is 0.746. The minimum absolute atomic E-state index is 0.00671. The molecule has 0 spiro atoms. The molecule has 1 aromatic carbocycles. The van der Waals surface area contributed by atoms with Crippen molar-refractivity contribution < 1.29 is 14.3 Å². The van der Waals surface area contributed by atoms with E-state index >= 15 is 0 Å². The zero-order chi connectivity index (χ0) is 18.5. The van der Waals surface area contributed by atoms with Gasteiger partial charge in [0.25, 0.3) is 5.91 Å². The van der Waals surface area contributed by atoms with Crippen molar-refractivity contribution in [2.24, 2.45) is 5.92 Å². The van der Waals surface area contributed by atoms with Gasteiger partial charge in [0.2, 0.25) is 5.91 Å². The number of carbonyl (C=O) groups is 2. The van der Waals surface area contributed by atoms with E-state index in [1.807, 2.05) is 29.2 Å². The van der Waals surface area contributed by atoms with E-state index in [0.29, 0.717) is 18.2 Å². The summed E-state index contributed by atoms with van der Waals surface area (Å²) < 4.78 is 5.92. The van der Waals surface area contributed by atoms with Gasteiger partial charge in [0.15, 0.2) is 6.10 Å². The summed E-state index contributed by atoms with van der Waals surface area (Å²) in [6, 6.07) is 7.73. The zero-order valence-electron chi connectivity index (χ0n) is 15.7. The van der Waals surface area contributed by atoms with Crippen molar-refractivity contribution >= 4 is 17.5 Å². The van der Waals surface area contributed by atoms with E-state index in [1.54, 1.807) is 0 Å². The summed E-state index contributed by atoms with van der Waals surface area (Å²) >= 11 is 0. The maximum Gasteiger partial charge on any atom is 0.263 e. The maximum absolute atomic E-state index is 12.6. The lowest BCUT2D eigenvalue weighted by Gasteiger charge is -2.35. The second kappa shape index (κ2) is 8.43. The Bertz CT molecular complexity index is 641. The van der Waals surface area contributed by atoms with Crippen molar-refractivity contribution in [1.82, 2.24) is 10.6 Å². The first-order valence-electron chi connectivity index (χ1n) is 9.68. The van der Waals surface area contributed by atoms with Gasteiger partial charge in [-0.2, -0.15) is 0 Å². The molecular formula is C20H29N3O3. The molecule has 2 N–H and O–H groups in total. The molecule has 3 rings (SSSR count). The Morgan fingerprint density at radius 3 is 2.65 bits per heavy atom. The highest BCUT2D eigenvalue weighted by atomic mass is 16.5. The van der Waals surface area contributed by atoms with E-state index < -0.39 is 6.10 Å². The minimum atomic E-state index is -0.610. The molecule has 1 heterocycles. The van der Waals surface area contributed by atoms with E-state index in [-0.39, 0.29) is 24.4 Å². The van der Waals surface area contributed by atoms with Gasteiger partial charge in [-0.3, -0.25) is 9.59 Å². The van der Waals surface area contributed by atoms with Gasteiger partial charge in [-0.15, -0.1) is 0 Å². The molecular weight excluding hydrogens is 330 g/mol. The van der Waals surface area contributed by atoms with Crippen LogP contribution in [0.1, 0.15) is 39.5 Å². The van der Waals surface area contributed by atoms with Crippen LogP contribution in [0.15, 0.2) is 24.3 Å². The molecule has 0 bridgehead atoms. The summed E-state index contributed by atoms with van der Waals surface area (Å²) in [5.41, 5.74) is 0.862. The molecule has 0 radical (unpaired) electrons. The van der Waals surface area contributed by atoms with Crippen molar-refractivity contribution in [2.75, 3.05) is 24.5 Å². The van der Waals surface area contributed by atoms with Crippen LogP contribution in [-0.2, 0) is 9.59 Å². The first-order valence-corrected chi connectivity index (χ1v) is 9.68. The molecule has 1 aromatic rings. The highest BCUT2D eigenvalue weighted by molar-refractivity contribution is 5.86. The van der Waals surface area contributed by atoms with Crippen LogP contribution in [0.5, 0.6) is 5.75 Å². The minimum Gasteiger partial charge on any atom is -0.477 e. The lowest BCUT2D eigenvalue weighted by atomic mass is 10.1. The molecule has 1 atom stereocenters. The summed E-state index contributed by atoms with van der Waals surface area (Å²) in [6.45, 7) is 5.48. The van der Waals surface area contributed by atoms with Crippen LogP contribution in [0.2, 0.25) is 0 Å². The lowest BCUT2D eigenvalue weighted by molar-refractivity contribution is -0.129. The Hall–Kier alpha value is -2.24. The lowest BCUT2D eigenvalue weighted by Crippen LogP contribution is -2.52. The van der Waals surface area contributed by atoms with E-state index in [0.717, 1.165) is 25.1 Å². The van der Waals surface area contributed by atoms with Gasteiger partial charge in [-0.1, -0.05) is 26.0 Å². The van der Waals surface area contributed by atoms with Gasteiger partial charge in [0, 0.05) is 12.6 Å². The normalized spacial score (nSPS) is 18.9. The van der Waals surface area contributed by atoms with Gasteiger partial charge in [-0.25, -0.2) is 0 Å². The van der Waals surface area contributed by atoms with Gasteiger partial charge in [0.1, 0.15) is 5.75 Å². The number of hydrogen-bond donors (Lipinski definition) is 2. The number of hydrogen-bond acceptors (Lipinski definition) is 4. The second-order valence-corrected chi connectivity index (χ2v) is 7.22. The molecule has 2 aliphatic rings. The topological polar surface area (TPSA) is 70.7 Å². The smallest absolute Gasteiger partial charge is 0.263 e. The molecule has 2 amide bonds. The first kappa shape index (κ1) is 18.5. The number of rotatable bonds is 8. The number of amides is 2. The van der Waals surface area contributed by atoms with E-state index in [1.165, 1.54) is 12.8 Å². The summed E-state index contributed by atoms with van der Waals surface area (Å²) in [4.78, 5) is 26.9. The number of anilines is 1. The van der Waals surface area contributed by atoms with Crippen molar-refractivity contribution in [2.45, 2.75) is 51.7 Å². The average molecular weight is 359 g/mol. The number of para-hydroxylation sites is 2. The SMILES string of the molecule is CCC(CC)NC(=O)C1CN(CC(=O)NCC2CC2)c2ccccc2O1. The summed E-state index contributed by atoms with van der Waals surface area (Å²) in [6.07, 6.45) is 3.58. The monoisotopic (exact) mass is 359 g/mol.